The van der Waals surface area contributed by atoms with Gasteiger partial charge in [0.15, 0.2) is 0 Å². The lowest BCUT2D eigenvalue weighted by molar-refractivity contribution is 0.314. The molecule has 0 aromatic heterocycles. The Labute approximate surface area is 105 Å². The topological polar surface area (TPSA) is 21.6 Å². The SMILES string of the molecule is CCC(CC1CO[C]=N1)c1ccc(F)c(Cl)c1. The molecular formula is C13H14ClFNO. The Morgan fingerprint density at radius 1 is 1.65 bits per heavy atom. The Morgan fingerprint density at radius 2 is 2.47 bits per heavy atom. The molecule has 2 rings (SSSR count). The molecule has 2 unspecified atom stereocenters. The van der Waals surface area contributed by atoms with Crippen LogP contribution in [0.1, 0.15) is 31.2 Å². The normalized spacial score (nSPS) is 20.3. The van der Waals surface area contributed by atoms with Crippen molar-refractivity contribution in [3.63, 3.8) is 0 Å². The Balaban J connectivity index is 2.10. The maximum absolute atomic E-state index is 13.1. The van der Waals surface area contributed by atoms with Gasteiger partial charge in [-0.3, -0.25) is 0 Å². The summed E-state index contributed by atoms with van der Waals surface area (Å²) in [5, 5.41) is 0.179. The van der Waals surface area contributed by atoms with Gasteiger partial charge in [0, 0.05) is 0 Å². The van der Waals surface area contributed by atoms with E-state index in [0.717, 1.165) is 18.4 Å². The van der Waals surface area contributed by atoms with Gasteiger partial charge < -0.3 is 4.74 Å². The third kappa shape index (κ3) is 2.97. The van der Waals surface area contributed by atoms with Crippen molar-refractivity contribution in [3.05, 3.63) is 34.6 Å². The van der Waals surface area contributed by atoms with Gasteiger partial charge in [0.05, 0.1) is 11.1 Å². The molecule has 1 aromatic rings. The van der Waals surface area contributed by atoms with E-state index >= 15 is 0 Å². The molecule has 2 atom stereocenters. The molecule has 1 radical (unpaired) electrons. The molecule has 0 saturated heterocycles. The summed E-state index contributed by atoms with van der Waals surface area (Å²) in [5.74, 6) is -0.0498. The van der Waals surface area contributed by atoms with E-state index in [1.807, 2.05) is 0 Å². The van der Waals surface area contributed by atoms with Crippen LogP contribution < -0.4 is 0 Å². The van der Waals surface area contributed by atoms with Crippen LogP contribution in [-0.4, -0.2) is 19.0 Å². The highest BCUT2D eigenvalue weighted by molar-refractivity contribution is 6.30. The second-order valence-electron chi connectivity index (χ2n) is 4.20. The Morgan fingerprint density at radius 3 is 3.06 bits per heavy atom. The first-order valence-corrected chi connectivity index (χ1v) is 6.10. The molecule has 1 heterocycles. The van der Waals surface area contributed by atoms with Gasteiger partial charge >= 0.3 is 0 Å². The summed E-state index contributed by atoms with van der Waals surface area (Å²) < 4.78 is 18.1. The second-order valence-corrected chi connectivity index (χ2v) is 4.61. The summed E-state index contributed by atoms with van der Waals surface area (Å²) in [6.45, 7) is 2.69. The van der Waals surface area contributed by atoms with E-state index in [4.69, 9.17) is 16.3 Å². The minimum Gasteiger partial charge on any atom is -0.472 e. The van der Waals surface area contributed by atoms with Crippen LogP contribution in [-0.2, 0) is 4.74 Å². The molecule has 0 bridgehead atoms. The molecule has 91 valence electrons. The zero-order valence-electron chi connectivity index (χ0n) is 9.62. The summed E-state index contributed by atoms with van der Waals surface area (Å²) in [6.07, 6.45) is 4.36. The molecule has 1 aliphatic heterocycles. The summed E-state index contributed by atoms with van der Waals surface area (Å²) in [4.78, 5) is 4.11. The highest BCUT2D eigenvalue weighted by Gasteiger charge is 2.20. The van der Waals surface area contributed by atoms with Crippen LogP contribution >= 0.6 is 11.6 Å². The van der Waals surface area contributed by atoms with Gasteiger partial charge in [-0.1, -0.05) is 24.6 Å². The molecule has 0 saturated carbocycles. The molecule has 0 aliphatic carbocycles. The van der Waals surface area contributed by atoms with E-state index < -0.39 is 0 Å². The number of hydrogen-bond donors (Lipinski definition) is 0. The fourth-order valence-corrected chi connectivity index (χ4v) is 2.23. The number of halogens is 2. The van der Waals surface area contributed by atoms with Crippen LogP contribution in [0, 0.1) is 5.82 Å². The molecule has 0 spiro atoms. The monoisotopic (exact) mass is 254 g/mol. The van der Waals surface area contributed by atoms with E-state index in [1.54, 1.807) is 12.1 Å². The predicted molar refractivity (Wildman–Crippen MR) is 66.2 cm³/mol. The Hall–Kier alpha value is -1.09. The lowest BCUT2D eigenvalue weighted by Gasteiger charge is -2.17. The highest BCUT2D eigenvalue weighted by Crippen LogP contribution is 2.29. The van der Waals surface area contributed by atoms with Crippen molar-refractivity contribution in [2.75, 3.05) is 6.61 Å². The van der Waals surface area contributed by atoms with Crippen molar-refractivity contribution in [2.24, 2.45) is 4.99 Å². The van der Waals surface area contributed by atoms with Crippen LogP contribution in [0.2, 0.25) is 5.02 Å². The largest absolute Gasteiger partial charge is 0.472 e. The average molecular weight is 255 g/mol. The zero-order valence-corrected chi connectivity index (χ0v) is 10.4. The molecule has 2 nitrogen and oxygen atoms in total. The molecule has 17 heavy (non-hydrogen) atoms. The van der Waals surface area contributed by atoms with Gasteiger partial charge in [0.25, 0.3) is 6.40 Å². The molecule has 0 N–H and O–H groups in total. The quantitative estimate of drug-likeness (QED) is 0.803. The van der Waals surface area contributed by atoms with Gasteiger partial charge in [0.1, 0.15) is 12.4 Å². The second kappa shape index (κ2) is 5.50. The molecule has 0 amide bonds. The zero-order chi connectivity index (χ0) is 12.3. The van der Waals surface area contributed by atoms with Crippen molar-refractivity contribution in [3.8, 4) is 0 Å². The van der Waals surface area contributed by atoms with Gasteiger partial charge in [-0.05, 0) is 36.5 Å². The van der Waals surface area contributed by atoms with E-state index in [2.05, 4.69) is 18.3 Å². The molecular weight excluding hydrogens is 241 g/mol. The maximum atomic E-state index is 13.1. The van der Waals surface area contributed by atoms with Crippen molar-refractivity contribution < 1.29 is 9.13 Å². The van der Waals surface area contributed by atoms with Gasteiger partial charge in [-0.15, -0.1) is 0 Å². The highest BCUT2D eigenvalue weighted by atomic mass is 35.5. The van der Waals surface area contributed by atoms with Crippen molar-refractivity contribution >= 4 is 18.0 Å². The standard InChI is InChI=1S/C13H14ClFNO/c1-2-9(5-11-7-17-8-16-11)10-3-4-13(15)12(14)6-10/h3-4,6,9,11H,2,5,7H2,1H3. The van der Waals surface area contributed by atoms with Crippen LogP contribution in [0.3, 0.4) is 0 Å². The molecule has 1 aliphatic rings. The van der Waals surface area contributed by atoms with E-state index in [9.17, 15) is 4.39 Å². The maximum Gasteiger partial charge on any atom is 0.273 e. The number of aliphatic imine (C=N–C) groups is 1. The lowest BCUT2D eigenvalue weighted by Crippen LogP contribution is -2.12. The number of nitrogens with zero attached hydrogens (tertiary/aromatic N) is 1. The lowest BCUT2D eigenvalue weighted by atomic mass is 9.90. The van der Waals surface area contributed by atoms with E-state index in [1.165, 1.54) is 6.07 Å². The number of ether oxygens (including phenoxy) is 1. The fraction of sp³-hybridized carbons (Fsp3) is 0.462. The van der Waals surface area contributed by atoms with Crippen molar-refractivity contribution in [1.29, 1.82) is 0 Å². The van der Waals surface area contributed by atoms with Gasteiger partial charge in [-0.25, -0.2) is 9.38 Å². The summed E-state index contributed by atoms with van der Waals surface area (Å²) in [7, 11) is 0. The predicted octanol–water partition coefficient (Wildman–Crippen LogP) is 3.67. The van der Waals surface area contributed by atoms with Gasteiger partial charge in [-0.2, -0.15) is 0 Å². The number of hydrogen-bond acceptors (Lipinski definition) is 2. The number of rotatable bonds is 4. The minimum absolute atomic E-state index is 0.156. The summed E-state index contributed by atoms with van der Waals surface area (Å²) in [6, 6.07) is 5.07. The Bertz CT molecular complexity index is 422. The van der Waals surface area contributed by atoms with Crippen LogP contribution in [0.15, 0.2) is 23.2 Å². The van der Waals surface area contributed by atoms with Gasteiger partial charge in [0.2, 0.25) is 0 Å². The van der Waals surface area contributed by atoms with Crippen LogP contribution in [0.5, 0.6) is 0 Å². The first-order valence-electron chi connectivity index (χ1n) is 5.72. The fourth-order valence-electron chi connectivity index (χ4n) is 2.04. The van der Waals surface area contributed by atoms with E-state index in [-0.39, 0.29) is 16.9 Å². The van der Waals surface area contributed by atoms with Crippen LogP contribution in [0.25, 0.3) is 0 Å². The number of benzene rings is 1. The average Bonchev–Trinajstić information content (AvgIpc) is 2.82. The van der Waals surface area contributed by atoms with Crippen LogP contribution in [0.4, 0.5) is 4.39 Å². The smallest absolute Gasteiger partial charge is 0.273 e. The van der Waals surface area contributed by atoms with E-state index in [0.29, 0.717) is 12.5 Å². The van der Waals surface area contributed by atoms with Crippen molar-refractivity contribution in [1.82, 2.24) is 0 Å². The molecule has 4 heteroatoms. The first-order chi connectivity index (χ1) is 8.20. The van der Waals surface area contributed by atoms with Crippen molar-refractivity contribution in [2.45, 2.75) is 31.7 Å². The molecule has 1 aromatic carbocycles. The Kier molecular flexibility index (Phi) is 4.00. The first kappa shape index (κ1) is 12.4. The minimum atomic E-state index is -0.374. The third-order valence-corrected chi connectivity index (χ3v) is 3.33. The summed E-state index contributed by atoms with van der Waals surface area (Å²) >= 11 is 5.80. The third-order valence-electron chi connectivity index (χ3n) is 3.04. The summed E-state index contributed by atoms with van der Waals surface area (Å²) in [5.41, 5.74) is 1.06. The molecule has 0 fully saturated rings.